The largest absolute Gasteiger partial charge is 0.480 e. The summed E-state index contributed by atoms with van der Waals surface area (Å²) in [6.45, 7) is 2.10. The molecule has 1 aliphatic heterocycles. The van der Waals surface area contributed by atoms with Gasteiger partial charge in [0, 0.05) is 6.04 Å². The van der Waals surface area contributed by atoms with Crippen molar-refractivity contribution in [3.05, 3.63) is 34.9 Å². The molecular weight excluding hydrogens is 226 g/mol. The van der Waals surface area contributed by atoms with E-state index in [0.717, 1.165) is 18.4 Å². The van der Waals surface area contributed by atoms with Crippen molar-refractivity contribution in [2.45, 2.75) is 50.6 Å². The monoisotopic (exact) mass is 245 g/mol. The molecule has 1 aromatic rings. The van der Waals surface area contributed by atoms with Gasteiger partial charge in [-0.2, -0.15) is 0 Å². The van der Waals surface area contributed by atoms with Crippen molar-refractivity contribution < 1.29 is 9.90 Å². The Morgan fingerprint density at radius 1 is 1.44 bits per heavy atom. The van der Waals surface area contributed by atoms with Crippen molar-refractivity contribution in [1.29, 1.82) is 0 Å². The van der Waals surface area contributed by atoms with Crippen LogP contribution in [-0.2, 0) is 11.2 Å². The Hall–Kier alpha value is -1.35. The zero-order valence-corrected chi connectivity index (χ0v) is 10.6. The average Bonchev–Trinajstić information content (AvgIpc) is 3.20. The number of carbonyl (C=O) groups is 1. The van der Waals surface area contributed by atoms with E-state index in [4.69, 9.17) is 0 Å². The van der Waals surface area contributed by atoms with E-state index >= 15 is 0 Å². The highest BCUT2D eigenvalue weighted by Crippen LogP contribution is 2.41. The first-order valence-corrected chi connectivity index (χ1v) is 6.80. The van der Waals surface area contributed by atoms with Gasteiger partial charge in [0.05, 0.1) is 0 Å². The molecule has 0 amide bonds. The highest BCUT2D eigenvalue weighted by Gasteiger charge is 2.32. The smallest absolute Gasteiger partial charge is 0.325 e. The Labute approximate surface area is 107 Å². The van der Waals surface area contributed by atoms with Gasteiger partial charge in [-0.15, -0.1) is 0 Å². The average molecular weight is 245 g/mol. The second kappa shape index (κ2) is 4.39. The van der Waals surface area contributed by atoms with Gasteiger partial charge in [0.1, 0.15) is 6.04 Å². The maximum atomic E-state index is 11.4. The van der Waals surface area contributed by atoms with Gasteiger partial charge in [0.15, 0.2) is 0 Å². The fourth-order valence-electron chi connectivity index (χ4n) is 2.86. The van der Waals surface area contributed by atoms with E-state index < -0.39 is 12.0 Å². The van der Waals surface area contributed by atoms with Gasteiger partial charge in [0.2, 0.25) is 0 Å². The summed E-state index contributed by atoms with van der Waals surface area (Å²) >= 11 is 0. The molecule has 1 aromatic carbocycles. The molecule has 18 heavy (non-hydrogen) atoms. The molecule has 0 saturated heterocycles. The molecule has 1 saturated carbocycles. The number of nitrogens with one attached hydrogen (secondary N) is 1. The number of carboxylic acids is 1. The van der Waals surface area contributed by atoms with Crippen molar-refractivity contribution >= 4 is 5.97 Å². The fraction of sp³-hybridized carbons (Fsp3) is 0.533. The van der Waals surface area contributed by atoms with Crippen molar-refractivity contribution in [3.63, 3.8) is 0 Å². The number of hydrogen-bond donors (Lipinski definition) is 2. The Morgan fingerprint density at radius 2 is 2.22 bits per heavy atom. The number of carboxylic acid groups (broad SMARTS) is 1. The summed E-state index contributed by atoms with van der Waals surface area (Å²) in [5.41, 5.74) is 3.51. The van der Waals surface area contributed by atoms with Crippen molar-refractivity contribution in [3.8, 4) is 0 Å². The molecule has 2 atom stereocenters. The van der Waals surface area contributed by atoms with Crippen molar-refractivity contribution in [2.75, 3.05) is 0 Å². The van der Waals surface area contributed by atoms with Gasteiger partial charge in [-0.3, -0.25) is 10.1 Å². The van der Waals surface area contributed by atoms with Crippen LogP contribution in [0.2, 0.25) is 0 Å². The highest BCUT2D eigenvalue weighted by molar-refractivity contribution is 5.77. The van der Waals surface area contributed by atoms with Crippen LogP contribution in [0.3, 0.4) is 0 Å². The van der Waals surface area contributed by atoms with Crippen LogP contribution < -0.4 is 5.32 Å². The molecule has 1 fully saturated rings. The van der Waals surface area contributed by atoms with Crippen LogP contribution in [0.15, 0.2) is 18.2 Å². The van der Waals surface area contributed by atoms with Crippen LogP contribution in [0.4, 0.5) is 0 Å². The maximum absolute atomic E-state index is 11.4. The van der Waals surface area contributed by atoms with Crippen molar-refractivity contribution in [2.24, 2.45) is 0 Å². The lowest BCUT2D eigenvalue weighted by molar-refractivity contribution is -0.140. The summed E-state index contributed by atoms with van der Waals surface area (Å²) in [5.74, 6) is -0.0870. The third kappa shape index (κ3) is 2.03. The van der Waals surface area contributed by atoms with E-state index in [1.807, 2.05) is 0 Å². The predicted molar refractivity (Wildman–Crippen MR) is 69.7 cm³/mol. The fourth-order valence-corrected chi connectivity index (χ4v) is 2.86. The van der Waals surface area contributed by atoms with Gasteiger partial charge < -0.3 is 5.11 Å². The molecular formula is C15H19NO2. The molecule has 0 radical (unpaired) electrons. The minimum absolute atomic E-state index is 0.283. The van der Waals surface area contributed by atoms with Gasteiger partial charge in [-0.25, -0.2) is 0 Å². The van der Waals surface area contributed by atoms with Crippen LogP contribution in [0, 0.1) is 0 Å². The van der Waals surface area contributed by atoms with E-state index in [1.54, 1.807) is 0 Å². The Kier molecular flexibility index (Phi) is 2.86. The first-order chi connectivity index (χ1) is 8.69. The standard InChI is InChI=1S/C15H19NO2/c1-2-12-7-11-6-5-10(9-3-4-9)8-13(11)14(16-12)15(17)18/h5-6,8-9,12,14,16H,2-4,7H2,1H3,(H,17,18). The van der Waals surface area contributed by atoms with Gasteiger partial charge in [0.25, 0.3) is 0 Å². The summed E-state index contributed by atoms with van der Waals surface area (Å²) in [7, 11) is 0. The number of hydrogen-bond acceptors (Lipinski definition) is 2. The Morgan fingerprint density at radius 3 is 2.83 bits per heavy atom. The van der Waals surface area contributed by atoms with Crippen LogP contribution in [0.1, 0.15) is 54.8 Å². The van der Waals surface area contributed by atoms with E-state index in [0.29, 0.717) is 5.92 Å². The summed E-state index contributed by atoms with van der Waals surface area (Å²) in [5, 5.41) is 12.6. The predicted octanol–water partition coefficient (Wildman–Crippen LogP) is 2.61. The van der Waals surface area contributed by atoms with Gasteiger partial charge in [-0.1, -0.05) is 25.1 Å². The zero-order valence-electron chi connectivity index (χ0n) is 10.6. The quantitative estimate of drug-likeness (QED) is 0.860. The lowest BCUT2D eigenvalue weighted by Gasteiger charge is -2.31. The minimum Gasteiger partial charge on any atom is -0.480 e. The third-order valence-electron chi connectivity index (χ3n) is 4.14. The van der Waals surface area contributed by atoms with E-state index in [-0.39, 0.29) is 6.04 Å². The molecule has 96 valence electrons. The molecule has 3 nitrogen and oxygen atoms in total. The van der Waals surface area contributed by atoms with Crippen LogP contribution >= 0.6 is 0 Å². The number of aliphatic carboxylic acids is 1. The summed E-state index contributed by atoms with van der Waals surface area (Å²) in [6.07, 6.45) is 4.41. The van der Waals surface area contributed by atoms with Crippen LogP contribution in [-0.4, -0.2) is 17.1 Å². The van der Waals surface area contributed by atoms with Crippen molar-refractivity contribution in [1.82, 2.24) is 5.32 Å². The first-order valence-electron chi connectivity index (χ1n) is 6.80. The van der Waals surface area contributed by atoms with E-state index in [1.165, 1.54) is 24.0 Å². The first kappa shape index (κ1) is 11.7. The van der Waals surface area contributed by atoms with Gasteiger partial charge >= 0.3 is 5.97 Å². The van der Waals surface area contributed by atoms with Crippen LogP contribution in [0.5, 0.6) is 0 Å². The normalized spacial score (nSPS) is 26.7. The topological polar surface area (TPSA) is 49.3 Å². The zero-order chi connectivity index (χ0) is 12.7. The molecule has 2 N–H and O–H groups in total. The maximum Gasteiger partial charge on any atom is 0.325 e. The van der Waals surface area contributed by atoms with Gasteiger partial charge in [-0.05, 0) is 48.3 Å². The van der Waals surface area contributed by atoms with E-state index in [9.17, 15) is 9.90 Å². The molecule has 3 heteroatoms. The lowest BCUT2D eigenvalue weighted by Crippen LogP contribution is -2.42. The molecule has 2 unspecified atom stereocenters. The highest BCUT2D eigenvalue weighted by atomic mass is 16.4. The second-order valence-electron chi connectivity index (χ2n) is 5.48. The molecule has 2 aliphatic rings. The summed E-state index contributed by atoms with van der Waals surface area (Å²) in [6, 6.07) is 6.20. The van der Waals surface area contributed by atoms with Crippen LogP contribution in [0.25, 0.3) is 0 Å². The Balaban J connectivity index is 1.99. The molecule has 1 heterocycles. The number of fused-ring (bicyclic) bond motifs is 1. The lowest BCUT2D eigenvalue weighted by atomic mass is 9.87. The SMILES string of the molecule is CCC1Cc2ccc(C3CC3)cc2C(C(=O)O)N1. The van der Waals surface area contributed by atoms with E-state index in [2.05, 4.69) is 30.4 Å². The summed E-state index contributed by atoms with van der Waals surface area (Å²) in [4.78, 5) is 11.4. The molecule has 0 aromatic heterocycles. The minimum atomic E-state index is -0.762. The number of rotatable bonds is 3. The summed E-state index contributed by atoms with van der Waals surface area (Å²) < 4.78 is 0. The molecule has 0 bridgehead atoms. The number of benzene rings is 1. The second-order valence-corrected chi connectivity index (χ2v) is 5.48. The third-order valence-corrected chi connectivity index (χ3v) is 4.14. The molecule has 0 spiro atoms. The molecule has 1 aliphatic carbocycles. The molecule has 3 rings (SSSR count). The Bertz CT molecular complexity index is 479.